The third kappa shape index (κ3) is 3.50. The average Bonchev–Trinajstić information content (AvgIpc) is 2.96. The summed E-state index contributed by atoms with van der Waals surface area (Å²) in [6.45, 7) is 2.90. The van der Waals surface area contributed by atoms with E-state index in [1.165, 1.54) is 4.88 Å². The molecule has 2 N–H and O–H groups in total. The topological polar surface area (TPSA) is 50.4 Å². The molecule has 0 aliphatic carbocycles. The Balaban J connectivity index is 1.60. The van der Waals surface area contributed by atoms with E-state index in [0.717, 1.165) is 19.6 Å². The first-order valence-corrected chi connectivity index (χ1v) is 6.34. The summed E-state index contributed by atoms with van der Waals surface area (Å²) in [5.41, 5.74) is 0. The van der Waals surface area contributed by atoms with Crippen LogP contribution in [0, 0.1) is 5.92 Å². The molecule has 88 valence electrons. The molecule has 5 heteroatoms. The van der Waals surface area contributed by atoms with Gasteiger partial charge in [0, 0.05) is 23.9 Å². The van der Waals surface area contributed by atoms with Crippen LogP contribution in [0.2, 0.25) is 0 Å². The molecule has 1 aromatic rings. The van der Waals surface area contributed by atoms with Crippen LogP contribution in [-0.2, 0) is 11.3 Å². The zero-order valence-electron chi connectivity index (χ0n) is 9.07. The Morgan fingerprint density at radius 1 is 1.56 bits per heavy atom. The van der Waals surface area contributed by atoms with Crippen molar-refractivity contribution in [2.24, 2.45) is 5.92 Å². The van der Waals surface area contributed by atoms with Crippen molar-refractivity contribution in [1.29, 1.82) is 0 Å². The number of hydrogen-bond donors (Lipinski definition) is 2. The molecule has 1 aliphatic rings. The second-order valence-corrected chi connectivity index (χ2v) is 4.90. The molecule has 1 aliphatic heterocycles. The number of carbonyl (C=O) groups excluding carboxylic acids is 1. The van der Waals surface area contributed by atoms with Gasteiger partial charge < -0.3 is 15.4 Å². The van der Waals surface area contributed by atoms with Crippen molar-refractivity contribution in [3.63, 3.8) is 0 Å². The van der Waals surface area contributed by atoms with Crippen LogP contribution in [0.15, 0.2) is 17.5 Å². The summed E-state index contributed by atoms with van der Waals surface area (Å²) in [5.74, 6) is 0.479. The standard InChI is InChI=1S/C11H16N2O2S/c14-11(12-6-9-3-4-15-8-9)13-7-10-2-1-5-16-10/h1-2,5,9H,3-4,6-8H2,(H2,12,13,14)/t9-/m1/s1. The van der Waals surface area contributed by atoms with Crippen molar-refractivity contribution < 1.29 is 9.53 Å². The lowest BCUT2D eigenvalue weighted by molar-refractivity contribution is 0.185. The van der Waals surface area contributed by atoms with Crippen molar-refractivity contribution in [2.75, 3.05) is 19.8 Å². The minimum atomic E-state index is -0.0969. The van der Waals surface area contributed by atoms with Gasteiger partial charge in [0.15, 0.2) is 0 Å². The second kappa shape index (κ2) is 5.86. The molecular weight excluding hydrogens is 224 g/mol. The van der Waals surface area contributed by atoms with Gasteiger partial charge in [0.2, 0.25) is 0 Å². The number of ether oxygens (including phenoxy) is 1. The highest BCUT2D eigenvalue weighted by molar-refractivity contribution is 7.09. The van der Waals surface area contributed by atoms with Crippen molar-refractivity contribution in [3.8, 4) is 0 Å². The van der Waals surface area contributed by atoms with Gasteiger partial charge in [0.05, 0.1) is 13.2 Å². The molecule has 0 aromatic carbocycles. The highest BCUT2D eigenvalue weighted by Gasteiger charge is 2.15. The van der Waals surface area contributed by atoms with Gasteiger partial charge in [-0.15, -0.1) is 11.3 Å². The molecule has 0 spiro atoms. The van der Waals surface area contributed by atoms with Gasteiger partial charge in [0.25, 0.3) is 0 Å². The molecule has 0 unspecified atom stereocenters. The van der Waals surface area contributed by atoms with Crippen LogP contribution in [0.5, 0.6) is 0 Å². The fourth-order valence-electron chi connectivity index (χ4n) is 1.62. The summed E-state index contributed by atoms with van der Waals surface area (Å²) in [6, 6.07) is 3.89. The molecule has 1 aromatic heterocycles. The van der Waals surface area contributed by atoms with Crippen LogP contribution in [0.25, 0.3) is 0 Å². The number of carbonyl (C=O) groups is 1. The minimum absolute atomic E-state index is 0.0969. The second-order valence-electron chi connectivity index (χ2n) is 3.87. The van der Waals surface area contributed by atoms with Gasteiger partial charge in [-0.3, -0.25) is 0 Å². The maximum absolute atomic E-state index is 11.4. The van der Waals surface area contributed by atoms with E-state index >= 15 is 0 Å². The summed E-state index contributed by atoms with van der Waals surface area (Å²) in [6.07, 6.45) is 1.05. The van der Waals surface area contributed by atoms with Gasteiger partial charge in [-0.05, 0) is 17.9 Å². The third-order valence-corrected chi connectivity index (χ3v) is 3.45. The number of thiophene rings is 1. The first-order valence-electron chi connectivity index (χ1n) is 5.46. The zero-order valence-corrected chi connectivity index (χ0v) is 9.89. The number of amides is 2. The molecule has 2 amide bonds. The molecule has 1 fully saturated rings. The summed E-state index contributed by atoms with van der Waals surface area (Å²) in [4.78, 5) is 12.6. The van der Waals surface area contributed by atoms with E-state index in [1.54, 1.807) is 11.3 Å². The monoisotopic (exact) mass is 240 g/mol. The van der Waals surface area contributed by atoms with Crippen molar-refractivity contribution in [1.82, 2.24) is 10.6 Å². The molecule has 2 rings (SSSR count). The van der Waals surface area contributed by atoms with E-state index in [9.17, 15) is 4.79 Å². The number of urea groups is 1. The highest BCUT2D eigenvalue weighted by Crippen LogP contribution is 2.10. The van der Waals surface area contributed by atoms with Crippen molar-refractivity contribution in [3.05, 3.63) is 22.4 Å². The van der Waals surface area contributed by atoms with Crippen molar-refractivity contribution >= 4 is 17.4 Å². The van der Waals surface area contributed by atoms with Crippen LogP contribution in [0.4, 0.5) is 4.79 Å². The van der Waals surface area contributed by atoms with Crippen LogP contribution in [0.3, 0.4) is 0 Å². The molecule has 1 atom stereocenters. The van der Waals surface area contributed by atoms with Crippen LogP contribution >= 0.6 is 11.3 Å². The lowest BCUT2D eigenvalue weighted by atomic mass is 10.1. The smallest absolute Gasteiger partial charge is 0.315 e. The summed E-state index contributed by atoms with van der Waals surface area (Å²) < 4.78 is 5.24. The first kappa shape index (κ1) is 11.4. The third-order valence-electron chi connectivity index (χ3n) is 2.58. The Kier molecular flexibility index (Phi) is 4.18. The van der Waals surface area contributed by atoms with E-state index in [0.29, 0.717) is 19.0 Å². The molecule has 4 nitrogen and oxygen atoms in total. The molecule has 1 saturated heterocycles. The van der Waals surface area contributed by atoms with E-state index in [-0.39, 0.29) is 6.03 Å². The summed E-state index contributed by atoms with van der Waals surface area (Å²) >= 11 is 1.65. The molecular formula is C11H16N2O2S. The van der Waals surface area contributed by atoms with Crippen LogP contribution < -0.4 is 10.6 Å². The minimum Gasteiger partial charge on any atom is -0.381 e. The fraction of sp³-hybridized carbons (Fsp3) is 0.545. The number of nitrogens with one attached hydrogen (secondary N) is 2. The van der Waals surface area contributed by atoms with Crippen LogP contribution in [-0.4, -0.2) is 25.8 Å². The molecule has 0 bridgehead atoms. The van der Waals surface area contributed by atoms with E-state index in [4.69, 9.17) is 4.74 Å². The van der Waals surface area contributed by atoms with Gasteiger partial charge in [0.1, 0.15) is 0 Å². The average molecular weight is 240 g/mol. The Labute approximate surface area is 99.0 Å². The number of rotatable bonds is 4. The quantitative estimate of drug-likeness (QED) is 0.839. The van der Waals surface area contributed by atoms with E-state index in [1.807, 2.05) is 17.5 Å². The molecule has 0 saturated carbocycles. The Morgan fingerprint density at radius 2 is 2.50 bits per heavy atom. The largest absolute Gasteiger partial charge is 0.381 e. The first-order chi connectivity index (χ1) is 7.84. The number of hydrogen-bond acceptors (Lipinski definition) is 3. The summed E-state index contributed by atoms with van der Waals surface area (Å²) in [7, 11) is 0. The lowest BCUT2D eigenvalue weighted by Crippen LogP contribution is -2.37. The Hall–Kier alpha value is -1.07. The van der Waals surface area contributed by atoms with Crippen LogP contribution in [0.1, 0.15) is 11.3 Å². The zero-order chi connectivity index (χ0) is 11.2. The van der Waals surface area contributed by atoms with E-state index < -0.39 is 0 Å². The normalized spacial score (nSPS) is 19.6. The lowest BCUT2D eigenvalue weighted by Gasteiger charge is -2.10. The fourth-order valence-corrected chi connectivity index (χ4v) is 2.27. The maximum Gasteiger partial charge on any atom is 0.315 e. The Bertz CT molecular complexity index is 321. The van der Waals surface area contributed by atoms with Gasteiger partial charge in [-0.1, -0.05) is 6.07 Å². The van der Waals surface area contributed by atoms with Gasteiger partial charge in [-0.25, -0.2) is 4.79 Å². The maximum atomic E-state index is 11.4. The van der Waals surface area contributed by atoms with Gasteiger partial charge >= 0.3 is 6.03 Å². The van der Waals surface area contributed by atoms with Crippen molar-refractivity contribution in [2.45, 2.75) is 13.0 Å². The molecule has 2 heterocycles. The van der Waals surface area contributed by atoms with E-state index in [2.05, 4.69) is 10.6 Å². The molecule has 0 radical (unpaired) electrons. The Morgan fingerprint density at radius 3 is 3.19 bits per heavy atom. The highest BCUT2D eigenvalue weighted by atomic mass is 32.1. The predicted octanol–water partition coefficient (Wildman–Crippen LogP) is 1.58. The molecule has 16 heavy (non-hydrogen) atoms. The summed E-state index contributed by atoms with van der Waals surface area (Å²) in [5, 5.41) is 7.69. The predicted molar refractivity (Wildman–Crippen MR) is 63.5 cm³/mol. The SMILES string of the molecule is O=C(NCc1cccs1)NC[C@H]1CCOC1. The van der Waals surface area contributed by atoms with Gasteiger partial charge in [-0.2, -0.15) is 0 Å².